The molecule has 0 aromatic heterocycles. The van der Waals surface area contributed by atoms with Crippen LogP contribution in [0.3, 0.4) is 0 Å². The van der Waals surface area contributed by atoms with Crippen LogP contribution in [0, 0.1) is 0 Å². The van der Waals surface area contributed by atoms with Gasteiger partial charge in [-0.3, -0.25) is 0 Å². The number of rotatable bonds is 9. The van der Waals surface area contributed by atoms with E-state index < -0.39 is 0 Å². The number of nitrogens with one attached hydrogen (secondary N) is 1. The third-order valence-corrected chi connectivity index (χ3v) is 4.45. The van der Waals surface area contributed by atoms with Crippen molar-refractivity contribution in [3.05, 3.63) is 57.6 Å². The summed E-state index contributed by atoms with van der Waals surface area (Å²) < 4.78 is 11.3. The normalized spacial score (nSPS) is 11.0. The van der Waals surface area contributed by atoms with Gasteiger partial charge < -0.3 is 19.7 Å². The van der Waals surface area contributed by atoms with E-state index >= 15 is 0 Å². The van der Waals surface area contributed by atoms with E-state index in [-0.39, 0.29) is 0 Å². The van der Waals surface area contributed by atoms with Gasteiger partial charge in [0, 0.05) is 41.3 Å². The molecule has 0 amide bonds. The van der Waals surface area contributed by atoms with Crippen LogP contribution < -0.4 is 14.8 Å². The summed E-state index contributed by atoms with van der Waals surface area (Å²) in [6.07, 6.45) is 0. The highest BCUT2D eigenvalue weighted by Crippen LogP contribution is 2.34. The molecule has 0 atom stereocenters. The fraction of sp³-hybridized carbons (Fsp3) is 0.368. The molecule has 0 saturated heterocycles. The molecule has 0 fully saturated rings. The summed E-state index contributed by atoms with van der Waals surface area (Å²) in [6.45, 7) is 2.88. The number of halogens is 2. The highest BCUT2D eigenvalue weighted by atomic mass is 35.5. The SMILES string of the molecule is COc1cc(CNCCN(C)C)c(Cl)cc1OCc1ccccc1Cl. The second-order valence-electron chi connectivity index (χ2n) is 5.95. The summed E-state index contributed by atoms with van der Waals surface area (Å²) in [5.74, 6) is 1.25. The van der Waals surface area contributed by atoms with E-state index in [0.29, 0.717) is 34.7 Å². The second-order valence-corrected chi connectivity index (χ2v) is 6.77. The molecule has 0 unspecified atom stereocenters. The lowest BCUT2D eigenvalue weighted by Crippen LogP contribution is -2.26. The molecule has 2 aromatic rings. The van der Waals surface area contributed by atoms with Crippen LogP contribution in [0.15, 0.2) is 36.4 Å². The standard InChI is InChI=1S/C19H24Cl2N2O2/c1-23(2)9-8-22-12-15-10-18(24-3)19(11-17(15)21)25-13-14-6-4-5-7-16(14)20/h4-7,10-11,22H,8-9,12-13H2,1-3H3. The Bertz CT molecular complexity index is 693. The van der Waals surface area contributed by atoms with E-state index in [9.17, 15) is 0 Å². The highest BCUT2D eigenvalue weighted by Gasteiger charge is 2.11. The molecule has 25 heavy (non-hydrogen) atoms. The van der Waals surface area contributed by atoms with Gasteiger partial charge in [-0.25, -0.2) is 0 Å². The van der Waals surface area contributed by atoms with Crippen molar-refractivity contribution in [1.29, 1.82) is 0 Å². The Labute approximate surface area is 159 Å². The minimum atomic E-state index is 0.354. The van der Waals surface area contributed by atoms with E-state index in [2.05, 4.69) is 10.2 Å². The molecular formula is C19H24Cl2N2O2. The predicted octanol–water partition coefficient (Wildman–Crippen LogP) is 4.23. The molecule has 1 N–H and O–H groups in total. The molecule has 2 aromatic carbocycles. The lowest BCUT2D eigenvalue weighted by atomic mass is 10.2. The monoisotopic (exact) mass is 382 g/mol. The van der Waals surface area contributed by atoms with E-state index in [4.69, 9.17) is 32.7 Å². The Hall–Kier alpha value is -1.46. The summed E-state index contributed by atoms with van der Waals surface area (Å²) >= 11 is 12.6. The molecule has 2 rings (SSSR count). The molecule has 0 aliphatic rings. The van der Waals surface area contributed by atoms with E-state index in [0.717, 1.165) is 24.2 Å². The van der Waals surface area contributed by atoms with Gasteiger partial charge in [-0.1, -0.05) is 41.4 Å². The van der Waals surface area contributed by atoms with Crippen LogP contribution in [-0.4, -0.2) is 39.2 Å². The van der Waals surface area contributed by atoms with E-state index in [1.807, 2.05) is 44.4 Å². The van der Waals surface area contributed by atoms with Crippen LogP contribution in [0.1, 0.15) is 11.1 Å². The Kier molecular flexibility index (Phi) is 7.85. The van der Waals surface area contributed by atoms with Crippen LogP contribution >= 0.6 is 23.2 Å². The minimum Gasteiger partial charge on any atom is -0.493 e. The average Bonchev–Trinajstić information content (AvgIpc) is 2.59. The number of nitrogens with zero attached hydrogens (tertiary/aromatic N) is 1. The zero-order chi connectivity index (χ0) is 18.2. The molecule has 0 aliphatic carbocycles. The predicted molar refractivity (Wildman–Crippen MR) is 104 cm³/mol. The maximum atomic E-state index is 6.40. The van der Waals surface area contributed by atoms with Gasteiger partial charge in [0.05, 0.1) is 7.11 Å². The van der Waals surface area contributed by atoms with Gasteiger partial charge in [0.2, 0.25) is 0 Å². The summed E-state index contributed by atoms with van der Waals surface area (Å²) in [5.41, 5.74) is 1.89. The maximum Gasteiger partial charge on any atom is 0.163 e. The van der Waals surface area contributed by atoms with E-state index in [1.165, 1.54) is 0 Å². The summed E-state index contributed by atoms with van der Waals surface area (Å²) in [4.78, 5) is 2.13. The summed E-state index contributed by atoms with van der Waals surface area (Å²) in [7, 11) is 5.71. The molecule has 136 valence electrons. The molecule has 0 heterocycles. The third-order valence-electron chi connectivity index (χ3n) is 3.72. The number of hydrogen-bond donors (Lipinski definition) is 1. The molecular weight excluding hydrogens is 359 g/mol. The Morgan fingerprint density at radius 2 is 1.76 bits per heavy atom. The van der Waals surface area contributed by atoms with Crippen molar-refractivity contribution >= 4 is 23.2 Å². The molecule has 0 spiro atoms. The zero-order valence-corrected chi connectivity index (χ0v) is 16.3. The van der Waals surface area contributed by atoms with Crippen molar-refractivity contribution in [3.63, 3.8) is 0 Å². The van der Waals surface area contributed by atoms with Crippen molar-refractivity contribution in [3.8, 4) is 11.5 Å². The van der Waals surface area contributed by atoms with Gasteiger partial charge in [0.15, 0.2) is 11.5 Å². The van der Waals surface area contributed by atoms with Crippen LogP contribution in [0.4, 0.5) is 0 Å². The van der Waals surface area contributed by atoms with Crippen molar-refractivity contribution in [1.82, 2.24) is 10.2 Å². The van der Waals surface area contributed by atoms with Crippen molar-refractivity contribution in [2.75, 3.05) is 34.3 Å². The first-order valence-corrected chi connectivity index (χ1v) is 8.85. The number of benzene rings is 2. The van der Waals surface area contributed by atoms with Gasteiger partial charge in [-0.15, -0.1) is 0 Å². The largest absolute Gasteiger partial charge is 0.493 e. The fourth-order valence-electron chi connectivity index (χ4n) is 2.28. The summed E-state index contributed by atoms with van der Waals surface area (Å²) in [6, 6.07) is 11.3. The first-order chi connectivity index (χ1) is 12.0. The second kappa shape index (κ2) is 9.88. The average molecular weight is 383 g/mol. The lowest BCUT2D eigenvalue weighted by molar-refractivity contribution is 0.284. The Morgan fingerprint density at radius 1 is 1.00 bits per heavy atom. The Balaban J connectivity index is 2.04. The fourth-order valence-corrected chi connectivity index (χ4v) is 2.69. The zero-order valence-electron chi connectivity index (χ0n) is 14.8. The van der Waals surface area contributed by atoms with E-state index in [1.54, 1.807) is 13.2 Å². The molecule has 0 aliphatic heterocycles. The highest BCUT2D eigenvalue weighted by molar-refractivity contribution is 6.31. The van der Waals surface area contributed by atoms with Crippen LogP contribution in [0.5, 0.6) is 11.5 Å². The van der Waals surface area contributed by atoms with Gasteiger partial charge in [0.25, 0.3) is 0 Å². The first-order valence-electron chi connectivity index (χ1n) is 8.09. The number of methoxy groups -OCH3 is 1. The smallest absolute Gasteiger partial charge is 0.163 e. The quantitative estimate of drug-likeness (QED) is 0.657. The molecule has 6 heteroatoms. The maximum absolute atomic E-state index is 6.40. The first kappa shape index (κ1) is 19.9. The molecule has 0 bridgehead atoms. The van der Waals surface area contributed by atoms with Gasteiger partial charge in [-0.05, 0) is 31.8 Å². The number of likely N-dealkylation sites (N-methyl/N-ethyl adjacent to an activating group) is 1. The van der Waals surface area contributed by atoms with Crippen LogP contribution in [-0.2, 0) is 13.2 Å². The topological polar surface area (TPSA) is 33.7 Å². The minimum absolute atomic E-state index is 0.354. The third kappa shape index (κ3) is 6.08. The van der Waals surface area contributed by atoms with Crippen LogP contribution in [0.25, 0.3) is 0 Å². The molecule has 0 saturated carbocycles. The van der Waals surface area contributed by atoms with Gasteiger partial charge in [0.1, 0.15) is 6.61 Å². The number of ether oxygens (including phenoxy) is 2. The number of hydrogen-bond acceptors (Lipinski definition) is 4. The van der Waals surface area contributed by atoms with Gasteiger partial charge in [-0.2, -0.15) is 0 Å². The Morgan fingerprint density at radius 3 is 2.44 bits per heavy atom. The summed E-state index contributed by atoms with van der Waals surface area (Å²) in [5, 5.41) is 4.69. The van der Waals surface area contributed by atoms with Gasteiger partial charge >= 0.3 is 0 Å². The van der Waals surface area contributed by atoms with Crippen molar-refractivity contribution in [2.45, 2.75) is 13.2 Å². The van der Waals surface area contributed by atoms with Crippen molar-refractivity contribution in [2.24, 2.45) is 0 Å². The molecule has 0 radical (unpaired) electrons. The lowest BCUT2D eigenvalue weighted by Gasteiger charge is -2.15. The molecule has 4 nitrogen and oxygen atoms in total. The van der Waals surface area contributed by atoms with Crippen LogP contribution in [0.2, 0.25) is 10.0 Å². The van der Waals surface area contributed by atoms with Crippen molar-refractivity contribution < 1.29 is 9.47 Å².